The molecule has 0 saturated heterocycles. The van der Waals surface area contributed by atoms with Gasteiger partial charge in [0.05, 0.1) is 7.11 Å². The number of methoxy groups -OCH3 is 1. The first-order valence-electron chi connectivity index (χ1n) is 5.71. The van der Waals surface area contributed by atoms with E-state index in [1.807, 2.05) is 13.1 Å². The largest absolute Gasteiger partial charge is 0.494 e. The standard InChI is InChI=1S/C13H20FNO/c1-4-11(15-2)7-5-10-6-8-13(16-3)12(14)9-10/h6,8-9,11,15H,4-5,7H2,1-3H3. The third kappa shape index (κ3) is 3.49. The number of aryl methyl sites for hydroxylation is 1. The zero-order valence-corrected chi connectivity index (χ0v) is 10.2. The van der Waals surface area contributed by atoms with Gasteiger partial charge < -0.3 is 10.1 Å². The van der Waals surface area contributed by atoms with Crippen LogP contribution in [0.3, 0.4) is 0 Å². The van der Waals surface area contributed by atoms with Crippen LogP contribution in [0.25, 0.3) is 0 Å². The Bertz CT molecular complexity index is 324. The maximum atomic E-state index is 13.4. The number of nitrogens with one attached hydrogen (secondary N) is 1. The average molecular weight is 225 g/mol. The number of rotatable bonds is 6. The second kappa shape index (κ2) is 6.48. The van der Waals surface area contributed by atoms with Crippen LogP contribution in [-0.4, -0.2) is 20.2 Å². The van der Waals surface area contributed by atoms with Gasteiger partial charge in [-0.25, -0.2) is 4.39 Å². The van der Waals surface area contributed by atoms with Gasteiger partial charge in [-0.1, -0.05) is 13.0 Å². The number of halogens is 1. The molecule has 1 aromatic rings. The van der Waals surface area contributed by atoms with Gasteiger partial charge in [0.1, 0.15) is 0 Å². The first-order valence-corrected chi connectivity index (χ1v) is 5.71. The highest BCUT2D eigenvalue weighted by atomic mass is 19.1. The van der Waals surface area contributed by atoms with E-state index in [2.05, 4.69) is 12.2 Å². The minimum atomic E-state index is -0.280. The number of hydrogen-bond acceptors (Lipinski definition) is 2. The fraction of sp³-hybridized carbons (Fsp3) is 0.538. The summed E-state index contributed by atoms with van der Waals surface area (Å²) in [6.07, 6.45) is 3.01. The van der Waals surface area contributed by atoms with Crippen molar-refractivity contribution in [3.8, 4) is 5.75 Å². The molecule has 16 heavy (non-hydrogen) atoms. The van der Waals surface area contributed by atoms with E-state index in [0.29, 0.717) is 11.8 Å². The third-order valence-corrected chi connectivity index (χ3v) is 2.90. The van der Waals surface area contributed by atoms with Crippen LogP contribution in [0.1, 0.15) is 25.3 Å². The number of hydrogen-bond donors (Lipinski definition) is 1. The zero-order valence-electron chi connectivity index (χ0n) is 10.2. The lowest BCUT2D eigenvalue weighted by molar-refractivity contribution is 0.386. The Balaban J connectivity index is 2.58. The average Bonchev–Trinajstić information content (AvgIpc) is 2.30. The quantitative estimate of drug-likeness (QED) is 0.803. The molecule has 1 unspecified atom stereocenters. The molecule has 0 aliphatic rings. The van der Waals surface area contributed by atoms with Crippen LogP contribution >= 0.6 is 0 Å². The number of benzene rings is 1. The van der Waals surface area contributed by atoms with Crippen molar-refractivity contribution in [1.82, 2.24) is 5.32 Å². The minimum Gasteiger partial charge on any atom is -0.494 e. The summed E-state index contributed by atoms with van der Waals surface area (Å²) >= 11 is 0. The summed E-state index contributed by atoms with van der Waals surface area (Å²) in [4.78, 5) is 0. The van der Waals surface area contributed by atoms with E-state index in [0.717, 1.165) is 24.8 Å². The highest BCUT2D eigenvalue weighted by Gasteiger charge is 2.06. The Morgan fingerprint density at radius 1 is 1.44 bits per heavy atom. The van der Waals surface area contributed by atoms with E-state index < -0.39 is 0 Å². The minimum absolute atomic E-state index is 0.280. The second-order valence-electron chi connectivity index (χ2n) is 3.90. The smallest absolute Gasteiger partial charge is 0.165 e. The summed E-state index contributed by atoms with van der Waals surface area (Å²) in [7, 11) is 3.44. The van der Waals surface area contributed by atoms with E-state index >= 15 is 0 Å². The summed E-state index contributed by atoms with van der Waals surface area (Å²) < 4.78 is 18.3. The predicted octanol–water partition coefficient (Wildman–Crippen LogP) is 2.76. The van der Waals surface area contributed by atoms with E-state index in [1.54, 1.807) is 12.1 Å². The highest BCUT2D eigenvalue weighted by molar-refractivity contribution is 5.29. The summed E-state index contributed by atoms with van der Waals surface area (Å²) in [5.74, 6) is 0.0296. The van der Waals surface area contributed by atoms with Crippen molar-refractivity contribution in [2.45, 2.75) is 32.2 Å². The van der Waals surface area contributed by atoms with Gasteiger partial charge in [-0.05, 0) is 44.0 Å². The molecule has 3 heteroatoms. The Kier molecular flexibility index (Phi) is 5.26. The van der Waals surface area contributed by atoms with Gasteiger partial charge in [-0.15, -0.1) is 0 Å². The Labute approximate surface area is 96.8 Å². The Morgan fingerprint density at radius 3 is 2.69 bits per heavy atom. The molecule has 0 spiro atoms. The molecule has 0 aliphatic heterocycles. The first kappa shape index (κ1) is 13.0. The lowest BCUT2D eigenvalue weighted by Gasteiger charge is -2.13. The molecule has 0 radical (unpaired) electrons. The van der Waals surface area contributed by atoms with E-state index in [9.17, 15) is 4.39 Å². The van der Waals surface area contributed by atoms with Crippen molar-refractivity contribution < 1.29 is 9.13 Å². The fourth-order valence-electron chi connectivity index (χ4n) is 1.76. The molecule has 1 atom stereocenters. The summed E-state index contributed by atoms with van der Waals surface area (Å²) in [6.45, 7) is 2.15. The predicted molar refractivity (Wildman–Crippen MR) is 64.4 cm³/mol. The molecule has 0 saturated carbocycles. The summed E-state index contributed by atoms with van der Waals surface area (Å²) in [6, 6.07) is 5.67. The van der Waals surface area contributed by atoms with Crippen LogP contribution in [0.4, 0.5) is 4.39 Å². The molecule has 0 aromatic heterocycles. The Morgan fingerprint density at radius 2 is 2.19 bits per heavy atom. The topological polar surface area (TPSA) is 21.3 Å². The normalized spacial score (nSPS) is 12.5. The van der Waals surface area contributed by atoms with Crippen LogP contribution in [0.15, 0.2) is 18.2 Å². The van der Waals surface area contributed by atoms with Gasteiger partial charge in [-0.2, -0.15) is 0 Å². The maximum absolute atomic E-state index is 13.4. The SMILES string of the molecule is CCC(CCc1ccc(OC)c(F)c1)NC. The molecule has 1 N–H and O–H groups in total. The monoisotopic (exact) mass is 225 g/mol. The fourth-order valence-corrected chi connectivity index (χ4v) is 1.76. The molecular weight excluding hydrogens is 205 g/mol. The second-order valence-corrected chi connectivity index (χ2v) is 3.90. The highest BCUT2D eigenvalue weighted by Crippen LogP contribution is 2.18. The summed E-state index contributed by atoms with van der Waals surface area (Å²) in [5.41, 5.74) is 1.02. The van der Waals surface area contributed by atoms with Crippen LogP contribution < -0.4 is 10.1 Å². The number of ether oxygens (including phenoxy) is 1. The van der Waals surface area contributed by atoms with Gasteiger partial charge in [0.2, 0.25) is 0 Å². The van der Waals surface area contributed by atoms with Gasteiger partial charge in [0, 0.05) is 6.04 Å². The van der Waals surface area contributed by atoms with E-state index in [-0.39, 0.29) is 5.82 Å². The van der Waals surface area contributed by atoms with Crippen LogP contribution in [0.5, 0.6) is 5.75 Å². The summed E-state index contributed by atoms with van der Waals surface area (Å²) in [5, 5.41) is 3.24. The molecule has 90 valence electrons. The van der Waals surface area contributed by atoms with Crippen molar-refractivity contribution >= 4 is 0 Å². The molecule has 0 amide bonds. The van der Waals surface area contributed by atoms with Crippen molar-refractivity contribution in [1.29, 1.82) is 0 Å². The van der Waals surface area contributed by atoms with Crippen LogP contribution in [-0.2, 0) is 6.42 Å². The van der Waals surface area contributed by atoms with Crippen molar-refractivity contribution in [3.63, 3.8) is 0 Å². The van der Waals surface area contributed by atoms with Gasteiger partial charge in [-0.3, -0.25) is 0 Å². The zero-order chi connectivity index (χ0) is 12.0. The van der Waals surface area contributed by atoms with Crippen molar-refractivity contribution in [2.75, 3.05) is 14.2 Å². The van der Waals surface area contributed by atoms with Gasteiger partial charge in [0.15, 0.2) is 11.6 Å². The molecule has 1 aromatic carbocycles. The van der Waals surface area contributed by atoms with Gasteiger partial charge in [0.25, 0.3) is 0 Å². The van der Waals surface area contributed by atoms with Crippen LogP contribution in [0.2, 0.25) is 0 Å². The molecule has 0 bridgehead atoms. The van der Waals surface area contributed by atoms with Crippen molar-refractivity contribution in [3.05, 3.63) is 29.6 Å². The molecule has 0 heterocycles. The lowest BCUT2D eigenvalue weighted by Crippen LogP contribution is -2.24. The van der Waals surface area contributed by atoms with Crippen molar-refractivity contribution in [2.24, 2.45) is 0 Å². The maximum Gasteiger partial charge on any atom is 0.165 e. The first-order chi connectivity index (χ1) is 7.71. The lowest BCUT2D eigenvalue weighted by atomic mass is 10.0. The molecule has 1 rings (SSSR count). The third-order valence-electron chi connectivity index (χ3n) is 2.90. The van der Waals surface area contributed by atoms with E-state index in [4.69, 9.17) is 4.74 Å². The molecule has 0 aliphatic carbocycles. The van der Waals surface area contributed by atoms with E-state index in [1.165, 1.54) is 7.11 Å². The van der Waals surface area contributed by atoms with Crippen LogP contribution in [0, 0.1) is 5.82 Å². The Hall–Kier alpha value is -1.09. The molecule has 2 nitrogen and oxygen atoms in total. The molecular formula is C13H20FNO. The van der Waals surface area contributed by atoms with Gasteiger partial charge >= 0.3 is 0 Å². The molecule has 0 fully saturated rings.